The van der Waals surface area contributed by atoms with E-state index in [-0.39, 0.29) is 6.10 Å². The third kappa shape index (κ3) is 7.76. The fraction of sp³-hybridized carbons (Fsp3) is 0.647. The highest BCUT2D eigenvalue weighted by molar-refractivity contribution is 7.42. The second-order valence-corrected chi connectivity index (χ2v) is 12.6. The molecule has 3 rings (SSSR count). The van der Waals surface area contributed by atoms with Crippen molar-refractivity contribution in [2.75, 3.05) is 0 Å². The molecule has 3 nitrogen and oxygen atoms in total. The van der Waals surface area contributed by atoms with Crippen LogP contribution in [-0.2, 0) is 4.52 Å². The van der Waals surface area contributed by atoms with Gasteiger partial charge in [0.15, 0.2) is 0 Å². The number of hydrogen-bond acceptors (Lipinski definition) is 3. The Morgan fingerprint density at radius 3 is 1.45 bits per heavy atom. The highest BCUT2D eigenvalue weighted by Gasteiger charge is 2.29. The van der Waals surface area contributed by atoms with Crippen LogP contribution < -0.4 is 9.05 Å². The predicted molar refractivity (Wildman–Crippen MR) is 164 cm³/mol. The van der Waals surface area contributed by atoms with E-state index in [9.17, 15) is 0 Å². The summed E-state index contributed by atoms with van der Waals surface area (Å²) >= 11 is 0. The molecular formula is C34H53O3P. The Labute approximate surface area is 235 Å². The first-order valence-corrected chi connectivity index (χ1v) is 16.5. The zero-order valence-corrected chi connectivity index (χ0v) is 26.3. The molecule has 4 heteroatoms. The average Bonchev–Trinajstić information content (AvgIpc) is 2.95. The highest BCUT2D eigenvalue weighted by atomic mass is 31.2. The summed E-state index contributed by atoms with van der Waals surface area (Å²) in [5.74, 6) is 3.65. The molecule has 0 spiro atoms. The van der Waals surface area contributed by atoms with Gasteiger partial charge in [0.25, 0.3) is 0 Å². The van der Waals surface area contributed by atoms with E-state index in [0.717, 1.165) is 50.0 Å². The molecule has 0 aromatic heterocycles. The van der Waals surface area contributed by atoms with Gasteiger partial charge < -0.3 is 9.05 Å². The molecule has 0 radical (unpaired) electrons. The van der Waals surface area contributed by atoms with E-state index < -0.39 is 8.60 Å². The fourth-order valence-corrected chi connectivity index (χ4v) is 6.78. The molecule has 212 valence electrons. The Balaban J connectivity index is 2.04. The van der Waals surface area contributed by atoms with Crippen molar-refractivity contribution in [1.82, 2.24) is 0 Å². The SMILES string of the molecule is CCC(C)c1cccc(OP(Oc2cccc(C(C)CC)c2C(C)CC)OC2CCCCC2)c1C(C)CC. The third-order valence-corrected chi connectivity index (χ3v) is 9.99. The number of benzene rings is 2. The second-order valence-electron chi connectivity index (χ2n) is 11.5. The van der Waals surface area contributed by atoms with Crippen LogP contribution in [0.2, 0.25) is 0 Å². The molecular weight excluding hydrogens is 487 g/mol. The molecule has 1 saturated carbocycles. The van der Waals surface area contributed by atoms with Crippen LogP contribution in [0, 0.1) is 0 Å². The molecule has 0 heterocycles. The first kappa shape index (κ1) is 31.0. The van der Waals surface area contributed by atoms with E-state index in [1.807, 2.05) is 0 Å². The van der Waals surface area contributed by atoms with Crippen molar-refractivity contribution in [1.29, 1.82) is 0 Å². The summed E-state index contributed by atoms with van der Waals surface area (Å²) in [7, 11) is -1.60. The minimum Gasteiger partial charge on any atom is -0.417 e. The highest BCUT2D eigenvalue weighted by Crippen LogP contribution is 2.50. The van der Waals surface area contributed by atoms with Gasteiger partial charge >= 0.3 is 8.60 Å². The molecule has 0 amide bonds. The Kier molecular flexibility index (Phi) is 12.4. The minimum atomic E-state index is -1.60. The first-order chi connectivity index (χ1) is 18.3. The molecule has 1 aliphatic rings. The van der Waals surface area contributed by atoms with Gasteiger partial charge in [0, 0.05) is 11.1 Å². The number of hydrogen-bond donors (Lipinski definition) is 0. The van der Waals surface area contributed by atoms with Crippen LogP contribution in [0.4, 0.5) is 0 Å². The maximum atomic E-state index is 6.83. The largest absolute Gasteiger partial charge is 0.463 e. The van der Waals surface area contributed by atoms with Gasteiger partial charge in [0.1, 0.15) is 11.5 Å². The topological polar surface area (TPSA) is 27.7 Å². The molecule has 38 heavy (non-hydrogen) atoms. The maximum absolute atomic E-state index is 6.83. The van der Waals surface area contributed by atoms with Gasteiger partial charge in [-0.25, -0.2) is 0 Å². The van der Waals surface area contributed by atoms with Crippen molar-refractivity contribution in [2.45, 2.75) is 143 Å². The lowest BCUT2D eigenvalue weighted by molar-refractivity contribution is 0.138. The van der Waals surface area contributed by atoms with E-state index >= 15 is 0 Å². The standard InChI is InChI=1S/C34H53O3P/c1-9-24(5)29-20-16-22-31(33(29)26(7)11-3)36-38(35-28-18-14-13-15-19-28)37-32-23-17-21-30(25(6)10-2)34(32)27(8)12-4/h16-17,20-28H,9-15,18-19H2,1-8H3. The molecule has 1 fully saturated rings. The van der Waals surface area contributed by atoms with Crippen LogP contribution in [-0.4, -0.2) is 6.10 Å². The minimum absolute atomic E-state index is 0.199. The summed E-state index contributed by atoms with van der Waals surface area (Å²) in [6.45, 7) is 18.3. The lowest BCUT2D eigenvalue weighted by atomic mass is 9.86. The molecule has 2 aromatic carbocycles. The van der Waals surface area contributed by atoms with Crippen LogP contribution in [0.25, 0.3) is 0 Å². The summed E-state index contributed by atoms with van der Waals surface area (Å²) in [6.07, 6.45) is 10.5. The summed E-state index contributed by atoms with van der Waals surface area (Å²) in [5.41, 5.74) is 5.43. The summed E-state index contributed by atoms with van der Waals surface area (Å²) in [4.78, 5) is 0. The summed E-state index contributed by atoms with van der Waals surface area (Å²) in [6, 6.07) is 13.1. The summed E-state index contributed by atoms with van der Waals surface area (Å²) in [5, 5.41) is 0. The van der Waals surface area contributed by atoms with Crippen LogP contribution >= 0.6 is 8.60 Å². The van der Waals surface area contributed by atoms with Crippen molar-refractivity contribution in [3.05, 3.63) is 58.7 Å². The quantitative estimate of drug-likeness (QED) is 0.223. The Hall–Kier alpha value is -1.57. The van der Waals surface area contributed by atoms with Gasteiger partial charge in [-0.05, 0) is 85.5 Å². The number of rotatable bonds is 14. The van der Waals surface area contributed by atoms with Crippen molar-refractivity contribution in [3.63, 3.8) is 0 Å². The first-order valence-electron chi connectivity index (χ1n) is 15.4. The van der Waals surface area contributed by atoms with E-state index in [1.54, 1.807) is 0 Å². The molecule has 1 aliphatic carbocycles. The molecule has 0 N–H and O–H groups in total. The van der Waals surface area contributed by atoms with Gasteiger partial charge in [-0.1, -0.05) is 98.9 Å². The molecule has 0 bridgehead atoms. The third-order valence-electron chi connectivity index (χ3n) is 8.83. The van der Waals surface area contributed by atoms with Crippen molar-refractivity contribution >= 4 is 8.60 Å². The van der Waals surface area contributed by atoms with Gasteiger partial charge in [-0.2, -0.15) is 0 Å². The molecule has 0 aliphatic heterocycles. The van der Waals surface area contributed by atoms with Crippen LogP contribution in [0.1, 0.15) is 159 Å². The predicted octanol–water partition coefficient (Wildman–Crippen LogP) is 11.8. The molecule has 4 unspecified atom stereocenters. The molecule has 4 atom stereocenters. The van der Waals surface area contributed by atoms with E-state index in [4.69, 9.17) is 13.6 Å². The van der Waals surface area contributed by atoms with Gasteiger partial charge in [0.05, 0.1) is 6.10 Å². The van der Waals surface area contributed by atoms with Crippen LogP contribution in [0.15, 0.2) is 36.4 Å². The summed E-state index contributed by atoms with van der Waals surface area (Å²) < 4.78 is 20.4. The van der Waals surface area contributed by atoms with E-state index in [2.05, 4.69) is 91.8 Å². The lowest BCUT2D eigenvalue weighted by Gasteiger charge is -2.29. The average molecular weight is 541 g/mol. The normalized spacial score (nSPS) is 18.4. The maximum Gasteiger partial charge on any atom is 0.463 e. The van der Waals surface area contributed by atoms with Crippen LogP contribution in [0.3, 0.4) is 0 Å². The van der Waals surface area contributed by atoms with Gasteiger partial charge in [-0.15, -0.1) is 0 Å². The van der Waals surface area contributed by atoms with Crippen molar-refractivity contribution < 1.29 is 13.6 Å². The van der Waals surface area contributed by atoms with Crippen molar-refractivity contribution in [3.8, 4) is 11.5 Å². The molecule has 2 aromatic rings. The van der Waals surface area contributed by atoms with E-state index in [0.29, 0.717) is 23.7 Å². The Morgan fingerprint density at radius 2 is 1.05 bits per heavy atom. The lowest BCUT2D eigenvalue weighted by Crippen LogP contribution is -2.17. The van der Waals surface area contributed by atoms with E-state index in [1.165, 1.54) is 41.5 Å². The van der Waals surface area contributed by atoms with Gasteiger partial charge in [-0.3, -0.25) is 4.52 Å². The monoisotopic (exact) mass is 540 g/mol. The molecule has 0 saturated heterocycles. The zero-order chi connectivity index (χ0) is 27.7. The van der Waals surface area contributed by atoms with Gasteiger partial charge in [0.2, 0.25) is 0 Å². The zero-order valence-electron chi connectivity index (χ0n) is 25.4. The second kappa shape index (κ2) is 15.3. The van der Waals surface area contributed by atoms with Crippen molar-refractivity contribution in [2.24, 2.45) is 0 Å². The fourth-order valence-electron chi connectivity index (χ4n) is 5.56. The Morgan fingerprint density at radius 1 is 0.632 bits per heavy atom. The smallest absolute Gasteiger partial charge is 0.417 e. The Bertz CT molecular complexity index is 914. The van der Waals surface area contributed by atoms with Crippen LogP contribution in [0.5, 0.6) is 11.5 Å².